The molecule has 8 heteroatoms. The summed E-state index contributed by atoms with van der Waals surface area (Å²) in [6.45, 7) is 4.57. The van der Waals surface area contributed by atoms with E-state index in [1.54, 1.807) is 18.4 Å². The molecule has 2 aromatic heterocycles. The Labute approximate surface area is 132 Å². The summed E-state index contributed by atoms with van der Waals surface area (Å²) in [5.74, 6) is 0.968. The van der Waals surface area contributed by atoms with Gasteiger partial charge in [-0.25, -0.2) is 0 Å². The number of nitrogens with one attached hydrogen (secondary N) is 2. The number of anilines is 2. The normalized spacial score (nSPS) is 10.7. The number of aromatic nitrogens is 3. The maximum absolute atomic E-state index is 5.91. The van der Waals surface area contributed by atoms with E-state index in [1.165, 1.54) is 4.88 Å². The van der Waals surface area contributed by atoms with Gasteiger partial charge in [-0.1, -0.05) is 11.6 Å². The molecule has 0 aliphatic carbocycles. The number of nitrogens with zero attached hydrogens (tertiary/aromatic N) is 3. The zero-order valence-electron chi connectivity index (χ0n) is 12.2. The van der Waals surface area contributed by atoms with Crippen LogP contribution in [0.2, 0.25) is 4.34 Å². The number of hydrogen-bond donors (Lipinski definition) is 2. The van der Waals surface area contributed by atoms with Gasteiger partial charge in [0.05, 0.1) is 10.4 Å². The zero-order valence-corrected chi connectivity index (χ0v) is 13.8. The minimum Gasteiger partial charge on any atom is -0.461 e. The molecule has 0 fully saturated rings. The minimum absolute atomic E-state index is 0.0122. The van der Waals surface area contributed by atoms with Crippen molar-refractivity contribution in [1.82, 2.24) is 15.0 Å². The van der Waals surface area contributed by atoms with E-state index in [1.807, 2.05) is 26.0 Å². The van der Waals surface area contributed by atoms with Gasteiger partial charge in [0.25, 0.3) is 0 Å². The largest absolute Gasteiger partial charge is 0.461 e. The molecule has 0 spiro atoms. The molecule has 0 atom stereocenters. The van der Waals surface area contributed by atoms with Gasteiger partial charge in [-0.05, 0) is 32.4 Å². The van der Waals surface area contributed by atoms with Crippen molar-refractivity contribution >= 4 is 34.8 Å². The van der Waals surface area contributed by atoms with Gasteiger partial charge in [-0.3, -0.25) is 0 Å². The monoisotopic (exact) mass is 327 g/mol. The molecule has 21 heavy (non-hydrogen) atoms. The van der Waals surface area contributed by atoms with Crippen molar-refractivity contribution in [1.29, 1.82) is 0 Å². The van der Waals surface area contributed by atoms with Crippen LogP contribution < -0.4 is 15.4 Å². The van der Waals surface area contributed by atoms with E-state index in [9.17, 15) is 0 Å². The van der Waals surface area contributed by atoms with Gasteiger partial charge in [0, 0.05) is 18.5 Å². The first-order valence-electron chi connectivity index (χ1n) is 6.65. The Balaban J connectivity index is 1.97. The number of hydrogen-bond acceptors (Lipinski definition) is 7. The van der Waals surface area contributed by atoms with Crippen molar-refractivity contribution in [2.75, 3.05) is 24.2 Å². The fourth-order valence-electron chi connectivity index (χ4n) is 1.59. The molecule has 2 heterocycles. The number of halogens is 1. The van der Waals surface area contributed by atoms with E-state index in [4.69, 9.17) is 16.3 Å². The molecule has 0 bridgehead atoms. The Morgan fingerprint density at radius 1 is 1.24 bits per heavy atom. The van der Waals surface area contributed by atoms with Crippen LogP contribution in [-0.4, -0.2) is 34.6 Å². The topological polar surface area (TPSA) is 72.0 Å². The predicted molar refractivity (Wildman–Crippen MR) is 86.7 cm³/mol. The molecule has 0 aliphatic rings. The summed E-state index contributed by atoms with van der Waals surface area (Å²) in [6.07, 6.45) is 0.872. The Morgan fingerprint density at radius 2 is 2.00 bits per heavy atom. The zero-order chi connectivity index (χ0) is 15.2. The van der Waals surface area contributed by atoms with Gasteiger partial charge in [0.1, 0.15) is 0 Å². The van der Waals surface area contributed by atoms with E-state index < -0.39 is 0 Å². The fourth-order valence-corrected chi connectivity index (χ4v) is 2.68. The Hall–Kier alpha value is -1.60. The average Bonchev–Trinajstić information content (AvgIpc) is 2.83. The number of ether oxygens (including phenoxy) is 1. The standard InChI is InChI=1S/C13H18ClN5OS/c1-8(2)20-13-18-11(15-3)17-12(19-13)16-7-6-9-4-5-10(14)21-9/h4-5,8H,6-7H2,1-3H3,(H2,15,16,17,18,19). The summed E-state index contributed by atoms with van der Waals surface area (Å²) >= 11 is 7.48. The van der Waals surface area contributed by atoms with Crippen LogP contribution in [0.4, 0.5) is 11.9 Å². The summed E-state index contributed by atoms with van der Waals surface area (Å²) in [4.78, 5) is 13.9. The quantitative estimate of drug-likeness (QED) is 0.814. The van der Waals surface area contributed by atoms with Crippen LogP contribution in [0.25, 0.3) is 0 Å². The third kappa shape index (κ3) is 5.02. The first-order valence-corrected chi connectivity index (χ1v) is 7.85. The molecule has 0 amide bonds. The first kappa shape index (κ1) is 15.8. The van der Waals surface area contributed by atoms with E-state index in [-0.39, 0.29) is 6.10 Å². The molecule has 0 saturated heterocycles. The lowest BCUT2D eigenvalue weighted by Gasteiger charge is -2.10. The van der Waals surface area contributed by atoms with Crippen LogP contribution in [0.3, 0.4) is 0 Å². The molecular formula is C13H18ClN5OS. The van der Waals surface area contributed by atoms with Crippen LogP contribution in [0, 0.1) is 0 Å². The van der Waals surface area contributed by atoms with E-state index in [2.05, 4.69) is 25.6 Å². The molecule has 2 aromatic rings. The number of thiophene rings is 1. The molecule has 2 N–H and O–H groups in total. The van der Waals surface area contributed by atoms with Crippen LogP contribution in [0.1, 0.15) is 18.7 Å². The second-order valence-electron chi connectivity index (χ2n) is 4.56. The fraction of sp³-hybridized carbons (Fsp3) is 0.462. The highest BCUT2D eigenvalue weighted by Crippen LogP contribution is 2.21. The molecule has 0 aliphatic heterocycles. The lowest BCUT2D eigenvalue weighted by molar-refractivity contribution is 0.222. The Bertz CT molecular complexity index is 590. The van der Waals surface area contributed by atoms with Gasteiger partial charge >= 0.3 is 6.01 Å². The summed E-state index contributed by atoms with van der Waals surface area (Å²) in [6, 6.07) is 4.23. The highest BCUT2D eigenvalue weighted by Gasteiger charge is 2.08. The van der Waals surface area contributed by atoms with Crippen molar-refractivity contribution in [2.45, 2.75) is 26.4 Å². The van der Waals surface area contributed by atoms with Crippen LogP contribution >= 0.6 is 22.9 Å². The summed E-state index contributed by atoms with van der Waals surface area (Å²) in [5, 5.41) is 6.07. The molecule has 0 unspecified atom stereocenters. The summed E-state index contributed by atoms with van der Waals surface area (Å²) in [7, 11) is 1.76. The third-order valence-corrected chi connectivity index (χ3v) is 3.75. The third-order valence-electron chi connectivity index (χ3n) is 2.46. The van der Waals surface area contributed by atoms with Gasteiger partial charge in [-0.2, -0.15) is 15.0 Å². The molecule has 0 aromatic carbocycles. The van der Waals surface area contributed by atoms with Gasteiger partial charge in [0.2, 0.25) is 11.9 Å². The maximum Gasteiger partial charge on any atom is 0.323 e. The van der Waals surface area contributed by atoms with E-state index in [0.29, 0.717) is 24.5 Å². The molecule has 6 nitrogen and oxygen atoms in total. The predicted octanol–water partition coefficient (Wildman–Crippen LogP) is 3.07. The molecule has 0 radical (unpaired) electrons. The average molecular weight is 328 g/mol. The van der Waals surface area contributed by atoms with Crippen molar-refractivity contribution in [2.24, 2.45) is 0 Å². The van der Waals surface area contributed by atoms with Crippen molar-refractivity contribution in [3.8, 4) is 6.01 Å². The second kappa shape index (κ2) is 7.42. The van der Waals surface area contributed by atoms with Gasteiger partial charge in [-0.15, -0.1) is 11.3 Å². The minimum atomic E-state index is 0.0122. The maximum atomic E-state index is 5.91. The van der Waals surface area contributed by atoms with Crippen molar-refractivity contribution in [3.63, 3.8) is 0 Å². The van der Waals surface area contributed by atoms with Crippen molar-refractivity contribution < 1.29 is 4.74 Å². The molecule has 0 saturated carbocycles. The van der Waals surface area contributed by atoms with Crippen LogP contribution in [0.5, 0.6) is 6.01 Å². The van der Waals surface area contributed by atoms with Crippen LogP contribution in [0.15, 0.2) is 12.1 Å². The lowest BCUT2D eigenvalue weighted by Crippen LogP contribution is -2.14. The SMILES string of the molecule is CNc1nc(NCCc2ccc(Cl)s2)nc(OC(C)C)n1. The first-order chi connectivity index (χ1) is 10.1. The van der Waals surface area contributed by atoms with Crippen molar-refractivity contribution in [3.05, 3.63) is 21.3 Å². The Morgan fingerprint density at radius 3 is 2.62 bits per heavy atom. The van der Waals surface area contributed by atoms with Gasteiger partial charge < -0.3 is 15.4 Å². The molecular weight excluding hydrogens is 310 g/mol. The smallest absolute Gasteiger partial charge is 0.323 e. The lowest BCUT2D eigenvalue weighted by atomic mass is 10.3. The molecule has 114 valence electrons. The highest BCUT2D eigenvalue weighted by molar-refractivity contribution is 7.16. The summed E-state index contributed by atoms with van der Waals surface area (Å²) in [5.41, 5.74) is 0. The highest BCUT2D eigenvalue weighted by atomic mass is 35.5. The van der Waals surface area contributed by atoms with E-state index >= 15 is 0 Å². The van der Waals surface area contributed by atoms with Gasteiger partial charge in [0.15, 0.2) is 0 Å². The number of rotatable bonds is 7. The molecule has 2 rings (SSSR count). The summed E-state index contributed by atoms with van der Waals surface area (Å²) < 4.78 is 6.31. The van der Waals surface area contributed by atoms with E-state index in [0.717, 1.165) is 10.8 Å². The van der Waals surface area contributed by atoms with Crippen LogP contribution in [-0.2, 0) is 6.42 Å². The second-order valence-corrected chi connectivity index (χ2v) is 6.36. The Kier molecular flexibility index (Phi) is 5.58.